The highest BCUT2D eigenvalue weighted by Crippen LogP contribution is 2.33. The van der Waals surface area contributed by atoms with Crippen LogP contribution in [0.25, 0.3) is 0 Å². The molecule has 0 spiro atoms. The Kier molecular flexibility index (Phi) is 4.39. The van der Waals surface area contributed by atoms with Gasteiger partial charge in [0.25, 0.3) is 0 Å². The number of rotatable bonds is 3. The molecule has 2 N–H and O–H groups in total. The van der Waals surface area contributed by atoms with Gasteiger partial charge in [-0.3, -0.25) is 0 Å². The number of aryl methyl sites for hydroxylation is 1. The van der Waals surface area contributed by atoms with Gasteiger partial charge in [-0.05, 0) is 34.5 Å². The lowest BCUT2D eigenvalue weighted by Gasteiger charge is -2.09. The van der Waals surface area contributed by atoms with E-state index in [9.17, 15) is 4.39 Å². The van der Waals surface area contributed by atoms with Crippen LogP contribution in [0.5, 0.6) is 11.6 Å². The van der Waals surface area contributed by atoms with E-state index in [0.29, 0.717) is 22.6 Å². The number of hydrogen-bond acceptors (Lipinski definition) is 3. The smallest absolute Gasteiger partial charge is 0.219 e. The van der Waals surface area contributed by atoms with Crippen LogP contribution in [0.2, 0.25) is 5.02 Å². The van der Waals surface area contributed by atoms with Crippen LogP contribution in [0.1, 0.15) is 11.3 Å². The van der Waals surface area contributed by atoms with E-state index in [4.69, 9.17) is 22.1 Å². The third-order valence-corrected chi connectivity index (χ3v) is 3.49. The molecule has 0 aliphatic carbocycles. The Hall–Kier alpha value is -1.17. The first-order valence-corrected chi connectivity index (χ1v) is 6.67. The molecular weight excluding hydrogens is 335 g/mol. The predicted octanol–water partition coefficient (Wildman–Crippen LogP) is 4.20. The van der Waals surface area contributed by atoms with Gasteiger partial charge in [0.2, 0.25) is 5.88 Å². The first kappa shape index (κ1) is 14.2. The molecule has 0 saturated heterocycles. The van der Waals surface area contributed by atoms with E-state index >= 15 is 0 Å². The Morgan fingerprint density at radius 3 is 2.79 bits per heavy atom. The van der Waals surface area contributed by atoms with Gasteiger partial charge in [-0.2, -0.15) is 0 Å². The fourth-order valence-electron chi connectivity index (χ4n) is 1.53. The summed E-state index contributed by atoms with van der Waals surface area (Å²) in [5.74, 6) is 0.140. The number of ether oxygens (including phenoxy) is 1. The van der Waals surface area contributed by atoms with Crippen molar-refractivity contribution in [2.24, 2.45) is 5.73 Å². The van der Waals surface area contributed by atoms with Gasteiger partial charge in [0.15, 0.2) is 0 Å². The van der Waals surface area contributed by atoms with E-state index in [1.165, 1.54) is 12.1 Å². The van der Waals surface area contributed by atoms with Crippen LogP contribution in [0, 0.1) is 12.7 Å². The molecule has 19 heavy (non-hydrogen) atoms. The molecule has 1 heterocycles. The van der Waals surface area contributed by atoms with Crippen LogP contribution in [0.4, 0.5) is 4.39 Å². The molecule has 0 saturated carbocycles. The largest absolute Gasteiger partial charge is 0.438 e. The van der Waals surface area contributed by atoms with Gasteiger partial charge in [-0.15, -0.1) is 0 Å². The van der Waals surface area contributed by atoms with Gasteiger partial charge < -0.3 is 10.5 Å². The molecule has 1 aromatic carbocycles. The average Bonchev–Trinajstić information content (AvgIpc) is 2.36. The van der Waals surface area contributed by atoms with Crippen molar-refractivity contribution in [3.63, 3.8) is 0 Å². The number of pyridine rings is 1. The molecular formula is C13H11BrClFN2O. The Bertz CT molecular complexity index is 622. The first-order chi connectivity index (χ1) is 9.01. The summed E-state index contributed by atoms with van der Waals surface area (Å²) in [6.45, 7) is 2.25. The van der Waals surface area contributed by atoms with E-state index in [1.807, 2.05) is 13.0 Å². The lowest BCUT2D eigenvalue weighted by atomic mass is 10.2. The molecule has 0 unspecified atom stereocenters. The monoisotopic (exact) mass is 344 g/mol. The predicted molar refractivity (Wildman–Crippen MR) is 76.0 cm³/mol. The molecule has 0 atom stereocenters. The lowest BCUT2D eigenvalue weighted by Crippen LogP contribution is -2.01. The minimum atomic E-state index is -0.546. The van der Waals surface area contributed by atoms with Crippen LogP contribution in [-0.2, 0) is 6.54 Å². The molecule has 3 nitrogen and oxygen atoms in total. The molecule has 0 aliphatic rings. The summed E-state index contributed by atoms with van der Waals surface area (Å²) in [6.07, 6.45) is 0. The summed E-state index contributed by atoms with van der Waals surface area (Å²) in [7, 11) is 0. The summed E-state index contributed by atoms with van der Waals surface area (Å²) < 4.78 is 19.5. The summed E-state index contributed by atoms with van der Waals surface area (Å²) in [6, 6.07) is 6.17. The van der Waals surface area contributed by atoms with Gasteiger partial charge in [-0.25, -0.2) is 9.37 Å². The van der Waals surface area contributed by atoms with Crippen molar-refractivity contribution in [2.45, 2.75) is 13.5 Å². The highest BCUT2D eigenvalue weighted by Gasteiger charge is 2.10. The minimum Gasteiger partial charge on any atom is -0.438 e. The van der Waals surface area contributed by atoms with Crippen LogP contribution >= 0.6 is 27.5 Å². The summed E-state index contributed by atoms with van der Waals surface area (Å²) in [5, 5.41) is 0.0295. The number of nitrogens with zero attached hydrogens (tertiary/aromatic N) is 1. The fourth-order valence-corrected chi connectivity index (χ4v) is 2.25. The zero-order chi connectivity index (χ0) is 14.0. The van der Waals surface area contributed by atoms with Crippen LogP contribution in [0.3, 0.4) is 0 Å². The number of benzene rings is 1. The summed E-state index contributed by atoms with van der Waals surface area (Å²) in [5.41, 5.74) is 7.28. The second-order valence-corrected chi connectivity index (χ2v) is 5.16. The number of hydrogen-bond donors (Lipinski definition) is 1. The molecule has 2 aromatic rings. The molecule has 0 fully saturated rings. The molecule has 0 bridgehead atoms. The first-order valence-electron chi connectivity index (χ1n) is 5.50. The molecule has 6 heteroatoms. The van der Waals surface area contributed by atoms with Crippen LogP contribution in [-0.4, -0.2) is 4.98 Å². The number of halogens is 3. The fraction of sp³-hybridized carbons (Fsp3) is 0.154. The second-order valence-electron chi connectivity index (χ2n) is 3.90. The van der Waals surface area contributed by atoms with Gasteiger partial charge in [0.1, 0.15) is 11.6 Å². The van der Waals surface area contributed by atoms with Crippen molar-refractivity contribution in [1.29, 1.82) is 0 Å². The minimum absolute atomic E-state index is 0.0295. The Morgan fingerprint density at radius 1 is 1.42 bits per heavy atom. The van der Waals surface area contributed by atoms with E-state index in [1.54, 1.807) is 6.07 Å². The van der Waals surface area contributed by atoms with Crippen LogP contribution in [0.15, 0.2) is 28.7 Å². The zero-order valence-electron chi connectivity index (χ0n) is 10.1. The summed E-state index contributed by atoms with van der Waals surface area (Å²) in [4.78, 5) is 4.25. The maximum absolute atomic E-state index is 13.4. The summed E-state index contributed by atoms with van der Waals surface area (Å²) >= 11 is 8.93. The van der Waals surface area contributed by atoms with Gasteiger partial charge >= 0.3 is 0 Å². The van der Waals surface area contributed by atoms with Gasteiger partial charge in [-0.1, -0.05) is 17.7 Å². The van der Waals surface area contributed by atoms with Crippen molar-refractivity contribution in [1.82, 2.24) is 4.98 Å². The lowest BCUT2D eigenvalue weighted by molar-refractivity contribution is 0.453. The highest BCUT2D eigenvalue weighted by atomic mass is 79.9. The Balaban J connectivity index is 2.31. The van der Waals surface area contributed by atoms with Crippen LogP contribution < -0.4 is 10.5 Å². The maximum atomic E-state index is 13.4. The molecule has 0 amide bonds. The molecule has 2 rings (SSSR count). The normalized spacial score (nSPS) is 10.6. The highest BCUT2D eigenvalue weighted by molar-refractivity contribution is 9.10. The van der Waals surface area contributed by atoms with Gasteiger partial charge in [0, 0.05) is 24.4 Å². The third-order valence-electron chi connectivity index (χ3n) is 2.58. The third kappa shape index (κ3) is 3.23. The standard InChI is InChI=1S/C13H11BrClFN2O/c1-7-8(6-17)2-3-13(18-7)19-12-5-11(16)10(15)4-9(12)14/h2-5H,6,17H2,1H3. The maximum Gasteiger partial charge on any atom is 0.219 e. The molecule has 0 radical (unpaired) electrons. The second kappa shape index (κ2) is 5.86. The Labute approximate surface area is 123 Å². The number of nitrogens with two attached hydrogens (primary N) is 1. The topological polar surface area (TPSA) is 48.1 Å². The van der Waals surface area contributed by atoms with E-state index in [0.717, 1.165) is 11.3 Å². The van der Waals surface area contributed by atoms with Crippen molar-refractivity contribution in [3.8, 4) is 11.6 Å². The van der Waals surface area contributed by atoms with Crippen molar-refractivity contribution in [2.75, 3.05) is 0 Å². The number of aromatic nitrogens is 1. The molecule has 100 valence electrons. The van der Waals surface area contributed by atoms with Crippen molar-refractivity contribution < 1.29 is 9.13 Å². The zero-order valence-corrected chi connectivity index (χ0v) is 12.4. The SMILES string of the molecule is Cc1nc(Oc2cc(F)c(Cl)cc2Br)ccc1CN. The van der Waals surface area contributed by atoms with Gasteiger partial charge in [0.05, 0.1) is 9.50 Å². The van der Waals surface area contributed by atoms with E-state index in [-0.39, 0.29) is 5.02 Å². The molecule has 0 aliphatic heterocycles. The molecule has 1 aromatic heterocycles. The van der Waals surface area contributed by atoms with Crippen molar-refractivity contribution >= 4 is 27.5 Å². The Morgan fingerprint density at radius 2 is 2.16 bits per heavy atom. The average molecular weight is 346 g/mol. The van der Waals surface area contributed by atoms with E-state index < -0.39 is 5.82 Å². The quantitative estimate of drug-likeness (QED) is 0.848. The van der Waals surface area contributed by atoms with Crippen molar-refractivity contribution in [3.05, 3.63) is 50.8 Å². The van der Waals surface area contributed by atoms with E-state index in [2.05, 4.69) is 20.9 Å².